The van der Waals surface area contributed by atoms with Crippen molar-refractivity contribution >= 4 is 23.2 Å². The summed E-state index contributed by atoms with van der Waals surface area (Å²) in [6.07, 6.45) is 0. The van der Waals surface area contributed by atoms with Crippen LogP contribution in [0, 0.1) is 0 Å². The van der Waals surface area contributed by atoms with Crippen LogP contribution in [0.5, 0.6) is 0 Å². The van der Waals surface area contributed by atoms with Gasteiger partial charge >= 0.3 is 0 Å². The van der Waals surface area contributed by atoms with E-state index in [0.29, 0.717) is 30.2 Å². The van der Waals surface area contributed by atoms with E-state index in [9.17, 15) is 9.59 Å². The van der Waals surface area contributed by atoms with Crippen molar-refractivity contribution in [1.29, 1.82) is 0 Å². The number of hydrogen-bond acceptors (Lipinski definition) is 5. The van der Waals surface area contributed by atoms with Crippen LogP contribution in [-0.4, -0.2) is 39.9 Å². The van der Waals surface area contributed by atoms with E-state index >= 15 is 0 Å². The second-order valence-electron chi connectivity index (χ2n) is 5.04. The Morgan fingerprint density at radius 1 is 1.00 bits per heavy atom. The normalized spacial score (nSPS) is 10.2. The summed E-state index contributed by atoms with van der Waals surface area (Å²) in [5, 5.41) is 11.1. The summed E-state index contributed by atoms with van der Waals surface area (Å²) in [6.45, 7) is 6.66. The van der Waals surface area contributed by atoms with Crippen LogP contribution in [0.2, 0.25) is 0 Å². The molecule has 0 radical (unpaired) electrons. The minimum atomic E-state index is -0.125. The first-order valence-corrected chi connectivity index (χ1v) is 7.56. The van der Waals surface area contributed by atoms with Gasteiger partial charge in [0.2, 0.25) is 0 Å². The Kier molecular flexibility index (Phi) is 5.41. The van der Waals surface area contributed by atoms with Gasteiger partial charge in [-0.25, -0.2) is 0 Å². The molecule has 1 aromatic heterocycles. The fraction of sp³-hybridized carbons (Fsp3) is 0.294. The van der Waals surface area contributed by atoms with Crippen molar-refractivity contribution in [3.05, 3.63) is 47.7 Å². The lowest BCUT2D eigenvalue weighted by atomic mass is 10.1. The Balaban J connectivity index is 2.07. The molecular weight excluding hydrogens is 292 g/mol. The van der Waals surface area contributed by atoms with Gasteiger partial charge in [0.1, 0.15) is 0 Å². The molecule has 0 aliphatic heterocycles. The van der Waals surface area contributed by atoms with Crippen LogP contribution in [0.15, 0.2) is 36.4 Å². The first kappa shape index (κ1) is 16.6. The number of rotatable bonds is 6. The molecule has 0 atom stereocenters. The molecule has 2 rings (SSSR count). The van der Waals surface area contributed by atoms with E-state index in [4.69, 9.17) is 0 Å². The van der Waals surface area contributed by atoms with Gasteiger partial charge in [-0.05, 0) is 57.2 Å². The lowest BCUT2D eigenvalue weighted by molar-refractivity contribution is 0.0765. The van der Waals surface area contributed by atoms with Gasteiger partial charge in [-0.3, -0.25) is 9.59 Å². The number of nitrogens with zero attached hydrogens (tertiary/aromatic N) is 3. The third kappa shape index (κ3) is 4.12. The number of amides is 1. The third-order valence-corrected chi connectivity index (χ3v) is 3.50. The van der Waals surface area contributed by atoms with Crippen molar-refractivity contribution in [2.45, 2.75) is 20.8 Å². The summed E-state index contributed by atoms with van der Waals surface area (Å²) in [6, 6.07) is 10.5. The van der Waals surface area contributed by atoms with Gasteiger partial charge in [-0.2, -0.15) is 0 Å². The van der Waals surface area contributed by atoms with Crippen molar-refractivity contribution in [3.63, 3.8) is 0 Å². The van der Waals surface area contributed by atoms with E-state index in [-0.39, 0.29) is 11.7 Å². The third-order valence-electron chi connectivity index (χ3n) is 3.50. The number of anilines is 2. The number of nitrogens with one attached hydrogen (secondary N) is 1. The zero-order chi connectivity index (χ0) is 16.8. The monoisotopic (exact) mass is 312 g/mol. The fourth-order valence-corrected chi connectivity index (χ4v) is 2.12. The fourth-order valence-electron chi connectivity index (χ4n) is 2.12. The zero-order valence-electron chi connectivity index (χ0n) is 13.5. The number of aromatic nitrogens is 2. The quantitative estimate of drug-likeness (QED) is 0.830. The molecule has 1 aromatic carbocycles. The number of benzene rings is 1. The minimum Gasteiger partial charge on any atom is -0.339 e. The molecule has 0 fully saturated rings. The smallest absolute Gasteiger partial charge is 0.274 e. The first-order valence-electron chi connectivity index (χ1n) is 7.56. The summed E-state index contributed by atoms with van der Waals surface area (Å²) in [7, 11) is 0. The number of hydrogen-bond donors (Lipinski definition) is 1. The molecule has 0 aliphatic carbocycles. The molecule has 0 aliphatic rings. The van der Waals surface area contributed by atoms with Gasteiger partial charge in [-0.1, -0.05) is 0 Å². The summed E-state index contributed by atoms with van der Waals surface area (Å²) in [5.41, 5.74) is 1.78. The topological polar surface area (TPSA) is 75.2 Å². The molecule has 0 saturated heterocycles. The van der Waals surface area contributed by atoms with Gasteiger partial charge in [0.25, 0.3) is 5.91 Å². The lowest BCUT2D eigenvalue weighted by Crippen LogP contribution is -2.31. The maximum Gasteiger partial charge on any atom is 0.274 e. The van der Waals surface area contributed by atoms with Crippen LogP contribution in [0.1, 0.15) is 41.6 Å². The van der Waals surface area contributed by atoms with Crippen molar-refractivity contribution in [3.8, 4) is 0 Å². The van der Waals surface area contributed by atoms with Crippen LogP contribution >= 0.6 is 0 Å². The van der Waals surface area contributed by atoms with Gasteiger partial charge in [0.05, 0.1) is 0 Å². The Hall–Kier alpha value is -2.76. The molecule has 0 bridgehead atoms. The zero-order valence-corrected chi connectivity index (χ0v) is 13.5. The highest BCUT2D eigenvalue weighted by Gasteiger charge is 2.14. The molecule has 2 aromatic rings. The predicted octanol–water partition coefficient (Wildman–Crippen LogP) is 2.90. The predicted molar refractivity (Wildman–Crippen MR) is 89.0 cm³/mol. The highest BCUT2D eigenvalue weighted by atomic mass is 16.2. The first-order chi connectivity index (χ1) is 11.0. The lowest BCUT2D eigenvalue weighted by Gasteiger charge is -2.17. The summed E-state index contributed by atoms with van der Waals surface area (Å²) >= 11 is 0. The number of carbonyl (C=O) groups is 2. The van der Waals surface area contributed by atoms with E-state index in [1.165, 1.54) is 6.92 Å². The number of Topliss-reactive ketones (excluding diaryl/α,β-unsaturated/α-hetero) is 1. The van der Waals surface area contributed by atoms with Crippen molar-refractivity contribution in [2.24, 2.45) is 0 Å². The Morgan fingerprint density at radius 3 is 2.13 bits per heavy atom. The van der Waals surface area contributed by atoms with Crippen molar-refractivity contribution in [2.75, 3.05) is 18.4 Å². The molecule has 0 spiro atoms. The molecule has 0 saturated carbocycles. The maximum atomic E-state index is 12.1. The van der Waals surface area contributed by atoms with Crippen molar-refractivity contribution < 1.29 is 9.59 Å². The molecule has 1 heterocycles. The van der Waals surface area contributed by atoms with Crippen LogP contribution in [0.4, 0.5) is 11.5 Å². The second-order valence-corrected chi connectivity index (χ2v) is 5.04. The molecule has 120 valence electrons. The molecule has 6 nitrogen and oxygen atoms in total. The van der Waals surface area contributed by atoms with Gasteiger partial charge in [-0.15, -0.1) is 10.2 Å². The standard InChI is InChI=1S/C17H20N4O2/c1-4-21(5-2)17(23)15-10-11-16(20-19-15)18-14-8-6-13(7-9-14)12(3)22/h6-11H,4-5H2,1-3H3,(H,18,20). The van der Waals surface area contributed by atoms with Crippen LogP contribution in [0.25, 0.3) is 0 Å². The van der Waals surface area contributed by atoms with Crippen LogP contribution < -0.4 is 5.32 Å². The second kappa shape index (κ2) is 7.49. The molecule has 0 unspecified atom stereocenters. The average molecular weight is 312 g/mol. The van der Waals surface area contributed by atoms with E-state index < -0.39 is 0 Å². The highest BCUT2D eigenvalue weighted by molar-refractivity contribution is 5.94. The van der Waals surface area contributed by atoms with Crippen LogP contribution in [-0.2, 0) is 0 Å². The molecule has 6 heteroatoms. The SMILES string of the molecule is CCN(CC)C(=O)c1ccc(Nc2ccc(C(C)=O)cc2)nn1. The summed E-state index contributed by atoms with van der Waals surface area (Å²) in [5.74, 6) is 0.437. The van der Waals surface area contributed by atoms with Crippen molar-refractivity contribution in [1.82, 2.24) is 15.1 Å². The maximum absolute atomic E-state index is 12.1. The van der Waals surface area contributed by atoms with E-state index in [2.05, 4.69) is 15.5 Å². The molecule has 1 amide bonds. The average Bonchev–Trinajstić information content (AvgIpc) is 2.57. The van der Waals surface area contributed by atoms with E-state index in [1.54, 1.807) is 41.3 Å². The van der Waals surface area contributed by atoms with E-state index in [1.807, 2.05) is 13.8 Å². The van der Waals surface area contributed by atoms with Gasteiger partial charge in [0, 0.05) is 24.3 Å². The van der Waals surface area contributed by atoms with E-state index in [0.717, 1.165) is 5.69 Å². The summed E-state index contributed by atoms with van der Waals surface area (Å²) < 4.78 is 0. The van der Waals surface area contributed by atoms with Gasteiger partial charge < -0.3 is 10.2 Å². The minimum absolute atomic E-state index is 0.0237. The number of carbonyl (C=O) groups excluding carboxylic acids is 2. The Bertz CT molecular complexity index is 677. The summed E-state index contributed by atoms with van der Waals surface area (Å²) in [4.78, 5) is 25.1. The molecule has 1 N–H and O–H groups in total. The molecular formula is C17H20N4O2. The Labute approximate surface area is 135 Å². The molecule has 23 heavy (non-hydrogen) atoms. The van der Waals surface area contributed by atoms with Gasteiger partial charge in [0.15, 0.2) is 17.3 Å². The Morgan fingerprint density at radius 2 is 1.65 bits per heavy atom. The van der Waals surface area contributed by atoms with Crippen LogP contribution in [0.3, 0.4) is 0 Å². The highest BCUT2D eigenvalue weighted by Crippen LogP contribution is 2.15. The number of ketones is 1. The largest absolute Gasteiger partial charge is 0.339 e.